The molecule has 4 rings (SSSR count). The van der Waals surface area contributed by atoms with Crippen LogP contribution in [0, 0.1) is 6.92 Å². The average molecular weight is 418 g/mol. The summed E-state index contributed by atoms with van der Waals surface area (Å²) in [4.78, 5) is 2.26. The monoisotopic (exact) mass is 417 g/mol. The number of hydrogen-bond acceptors (Lipinski definition) is 5. The summed E-state index contributed by atoms with van der Waals surface area (Å²) >= 11 is 6.22. The molecule has 0 radical (unpaired) electrons. The number of ether oxygens (including phenoxy) is 2. The van der Waals surface area contributed by atoms with Gasteiger partial charge in [-0.2, -0.15) is 0 Å². The standard InChI is InChI=1S/C23H28ClNO4/c1-15-10-22-18(12-19(15)24)20(26)13-23(29-22)6-8-25(9-7-23)14-21(27)16-4-3-5-17(11-16)28-2/h3-5,10-12,20-21,26-27H,6-9,13-14H2,1-2H3/t20-,21-/m0/s1. The topological polar surface area (TPSA) is 62.2 Å². The Morgan fingerprint density at radius 3 is 2.76 bits per heavy atom. The zero-order valence-electron chi connectivity index (χ0n) is 16.9. The van der Waals surface area contributed by atoms with Gasteiger partial charge in [0.2, 0.25) is 0 Å². The molecule has 29 heavy (non-hydrogen) atoms. The van der Waals surface area contributed by atoms with Crippen LogP contribution >= 0.6 is 11.6 Å². The Hall–Kier alpha value is -1.79. The quantitative estimate of drug-likeness (QED) is 0.786. The van der Waals surface area contributed by atoms with Crippen molar-refractivity contribution in [2.24, 2.45) is 0 Å². The maximum Gasteiger partial charge on any atom is 0.126 e. The van der Waals surface area contributed by atoms with Crippen LogP contribution in [0.25, 0.3) is 0 Å². The number of nitrogens with zero attached hydrogens (tertiary/aromatic N) is 1. The second-order valence-corrected chi connectivity index (χ2v) is 8.64. The van der Waals surface area contributed by atoms with Crippen LogP contribution in [-0.4, -0.2) is 47.5 Å². The van der Waals surface area contributed by atoms with Crippen LogP contribution in [0.15, 0.2) is 36.4 Å². The fourth-order valence-electron chi connectivity index (χ4n) is 4.40. The maximum absolute atomic E-state index is 10.7. The normalized spacial score (nSPS) is 22.0. The molecular weight excluding hydrogens is 390 g/mol. The summed E-state index contributed by atoms with van der Waals surface area (Å²) in [6, 6.07) is 11.3. The lowest BCUT2D eigenvalue weighted by molar-refractivity contribution is -0.0588. The number of fused-ring (bicyclic) bond motifs is 1. The van der Waals surface area contributed by atoms with Crippen molar-refractivity contribution in [3.63, 3.8) is 0 Å². The van der Waals surface area contributed by atoms with Gasteiger partial charge in [0.05, 0.1) is 19.3 Å². The summed E-state index contributed by atoms with van der Waals surface area (Å²) < 4.78 is 11.7. The first-order valence-electron chi connectivity index (χ1n) is 10.1. The highest BCUT2D eigenvalue weighted by atomic mass is 35.5. The van der Waals surface area contributed by atoms with Gasteiger partial charge in [0.1, 0.15) is 17.1 Å². The van der Waals surface area contributed by atoms with E-state index in [-0.39, 0.29) is 5.60 Å². The van der Waals surface area contributed by atoms with Crippen molar-refractivity contribution in [1.29, 1.82) is 0 Å². The second-order valence-electron chi connectivity index (χ2n) is 8.24. The Morgan fingerprint density at radius 1 is 1.28 bits per heavy atom. The van der Waals surface area contributed by atoms with Crippen LogP contribution < -0.4 is 9.47 Å². The molecule has 5 nitrogen and oxygen atoms in total. The third-order valence-corrected chi connectivity index (χ3v) is 6.63. The molecule has 0 bridgehead atoms. The molecule has 0 unspecified atom stereocenters. The van der Waals surface area contributed by atoms with Gasteiger partial charge in [0.15, 0.2) is 0 Å². The van der Waals surface area contributed by atoms with Crippen LogP contribution in [0.2, 0.25) is 5.02 Å². The molecule has 2 aromatic rings. The van der Waals surface area contributed by atoms with Crippen molar-refractivity contribution < 1.29 is 19.7 Å². The molecule has 156 valence electrons. The van der Waals surface area contributed by atoms with Crippen molar-refractivity contribution in [3.8, 4) is 11.5 Å². The zero-order valence-corrected chi connectivity index (χ0v) is 17.7. The molecular formula is C23H28ClNO4. The molecule has 2 aliphatic heterocycles. The molecule has 0 aromatic heterocycles. The van der Waals surface area contributed by atoms with E-state index in [0.717, 1.165) is 54.1 Å². The number of benzene rings is 2. The summed E-state index contributed by atoms with van der Waals surface area (Å²) in [6.07, 6.45) is 1.07. The third kappa shape index (κ3) is 4.24. The Kier molecular flexibility index (Phi) is 5.76. The SMILES string of the molecule is COc1cccc([C@@H](O)CN2CCC3(CC2)C[C@H](O)c2cc(Cl)c(C)cc2O3)c1. The highest BCUT2D eigenvalue weighted by Crippen LogP contribution is 2.45. The predicted molar refractivity (Wildman–Crippen MR) is 113 cm³/mol. The van der Waals surface area contributed by atoms with E-state index in [2.05, 4.69) is 4.90 Å². The Morgan fingerprint density at radius 2 is 2.03 bits per heavy atom. The average Bonchev–Trinajstić information content (AvgIpc) is 2.71. The number of aliphatic hydroxyl groups is 2. The second kappa shape index (κ2) is 8.15. The van der Waals surface area contributed by atoms with Crippen molar-refractivity contribution in [3.05, 3.63) is 58.1 Å². The molecule has 1 spiro atoms. The fraction of sp³-hybridized carbons (Fsp3) is 0.478. The third-order valence-electron chi connectivity index (χ3n) is 6.22. The van der Waals surface area contributed by atoms with Gasteiger partial charge in [0.25, 0.3) is 0 Å². The minimum absolute atomic E-state index is 0.357. The van der Waals surface area contributed by atoms with Gasteiger partial charge >= 0.3 is 0 Å². The van der Waals surface area contributed by atoms with Crippen molar-refractivity contribution in [2.75, 3.05) is 26.7 Å². The lowest BCUT2D eigenvalue weighted by Crippen LogP contribution is -2.51. The molecule has 0 saturated carbocycles. The van der Waals surface area contributed by atoms with Gasteiger partial charge in [-0.1, -0.05) is 23.7 Å². The zero-order chi connectivity index (χ0) is 20.6. The van der Waals surface area contributed by atoms with Gasteiger partial charge in [-0.15, -0.1) is 0 Å². The van der Waals surface area contributed by atoms with E-state index in [1.54, 1.807) is 7.11 Å². The van der Waals surface area contributed by atoms with Crippen molar-refractivity contribution in [2.45, 2.75) is 44.0 Å². The van der Waals surface area contributed by atoms with Crippen LogP contribution in [0.5, 0.6) is 11.5 Å². The molecule has 2 aliphatic rings. The fourth-order valence-corrected chi connectivity index (χ4v) is 4.58. The van der Waals surface area contributed by atoms with E-state index in [9.17, 15) is 10.2 Å². The Balaban J connectivity index is 1.40. The molecule has 0 amide bonds. The molecule has 1 saturated heterocycles. The molecule has 2 aromatic carbocycles. The summed E-state index contributed by atoms with van der Waals surface area (Å²) in [5.74, 6) is 1.49. The Bertz CT molecular complexity index is 879. The number of methoxy groups -OCH3 is 1. The van der Waals surface area contributed by atoms with Gasteiger partial charge in [-0.05, 0) is 55.2 Å². The molecule has 2 atom stereocenters. The lowest BCUT2D eigenvalue weighted by Gasteiger charge is -2.46. The van der Waals surface area contributed by atoms with Crippen LogP contribution in [0.1, 0.15) is 48.2 Å². The summed E-state index contributed by atoms with van der Waals surface area (Å²) in [5, 5.41) is 22.0. The summed E-state index contributed by atoms with van der Waals surface area (Å²) in [7, 11) is 1.63. The van der Waals surface area contributed by atoms with Gasteiger partial charge in [-0.25, -0.2) is 0 Å². The van der Waals surface area contributed by atoms with Crippen LogP contribution in [0.4, 0.5) is 0 Å². The minimum atomic E-state index is -0.567. The van der Waals surface area contributed by atoms with E-state index in [1.807, 2.05) is 43.3 Å². The van der Waals surface area contributed by atoms with Crippen molar-refractivity contribution >= 4 is 11.6 Å². The van der Waals surface area contributed by atoms with Gasteiger partial charge < -0.3 is 24.6 Å². The van der Waals surface area contributed by atoms with Crippen LogP contribution in [0.3, 0.4) is 0 Å². The number of rotatable bonds is 4. The van der Waals surface area contributed by atoms with E-state index < -0.39 is 12.2 Å². The van der Waals surface area contributed by atoms with E-state index in [0.29, 0.717) is 18.0 Å². The summed E-state index contributed by atoms with van der Waals surface area (Å²) in [6.45, 7) is 4.14. The smallest absolute Gasteiger partial charge is 0.126 e. The number of hydrogen-bond donors (Lipinski definition) is 2. The van der Waals surface area contributed by atoms with Crippen LogP contribution in [-0.2, 0) is 0 Å². The number of piperidine rings is 1. The van der Waals surface area contributed by atoms with E-state index >= 15 is 0 Å². The largest absolute Gasteiger partial charge is 0.497 e. The molecule has 0 aliphatic carbocycles. The number of halogens is 1. The molecule has 1 fully saturated rings. The first kappa shape index (κ1) is 20.5. The predicted octanol–water partition coefficient (Wildman–Crippen LogP) is 4.04. The van der Waals surface area contributed by atoms with E-state index in [4.69, 9.17) is 21.1 Å². The van der Waals surface area contributed by atoms with Crippen molar-refractivity contribution in [1.82, 2.24) is 4.90 Å². The van der Waals surface area contributed by atoms with E-state index in [1.165, 1.54) is 0 Å². The minimum Gasteiger partial charge on any atom is -0.497 e. The number of likely N-dealkylation sites (tertiary alicyclic amines) is 1. The van der Waals surface area contributed by atoms with Gasteiger partial charge in [-0.3, -0.25) is 0 Å². The maximum atomic E-state index is 10.7. The highest BCUT2D eigenvalue weighted by molar-refractivity contribution is 6.31. The lowest BCUT2D eigenvalue weighted by atomic mass is 9.81. The number of β-amino-alcohol motifs (C(OH)–C–C–N with tert-alkyl or cyclic N) is 1. The molecule has 2 heterocycles. The molecule has 2 N–H and O–H groups in total. The van der Waals surface area contributed by atoms with Gasteiger partial charge in [0, 0.05) is 36.6 Å². The first-order valence-corrected chi connectivity index (χ1v) is 10.5. The first-order chi connectivity index (χ1) is 13.9. The highest BCUT2D eigenvalue weighted by Gasteiger charge is 2.43. The number of aryl methyl sites for hydroxylation is 1. The Labute approximate surface area is 176 Å². The summed E-state index contributed by atoms with van der Waals surface area (Å²) in [5.41, 5.74) is 2.23. The number of aliphatic hydroxyl groups excluding tert-OH is 2. The molecule has 6 heteroatoms.